The van der Waals surface area contributed by atoms with Crippen LogP contribution in [-0.2, 0) is 15.0 Å². The van der Waals surface area contributed by atoms with Gasteiger partial charge in [-0.1, -0.05) is 0 Å². The Bertz CT molecular complexity index is 419. The molecule has 0 aliphatic carbocycles. The maximum atomic E-state index is 11.6. The summed E-state index contributed by atoms with van der Waals surface area (Å²) in [6.07, 6.45) is 0.564. The topological polar surface area (TPSA) is 69.8 Å². The van der Waals surface area contributed by atoms with Crippen LogP contribution in [0.15, 0.2) is 4.99 Å². The summed E-state index contributed by atoms with van der Waals surface area (Å²) in [5, 5.41) is 0. The van der Waals surface area contributed by atoms with Crippen molar-refractivity contribution >= 4 is 28.0 Å². The zero-order valence-corrected chi connectivity index (χ0v) is 9.08. The molecule has 1 heterocycles. The van der Waals surface area contributed by atoms with Crippen LogP contribution in [0, 0.1) is 0 Å². The summed E-state index contributed by atoms with van der Waals surface area (Å²) in [7, 11) is -0.649. The van der Waals surface area contributed by atoms with E-state index in [9.17, 15) is 13.2 Å². The second-order valence-corrected chi connectivity index (χ2v) is 5.13. The van der Waals surface area contributed by atoms with Crippen LogP contribution in [0.5, 0.6) is 0 Å². The molecule has 0 unspecified atom stereocenters. The Hall–Kier alpha value is -1.08. The van der Waals surface area contributed by atoms with Gasteiger partial charge in [-0.2, -0.15) is 12.7 Å². The minimum absolute atomic E-state index is 0.0237. The minimum Gasteiger partial charge on any atom is -0.294 e. The average Bonchev–Trinajstić information content (AvgIpc) is 2.47. The van der Waals surface area contributed by atoms with Crippen LogP contribution in [0.3, 0.4) is 0 Å². The standard InChI is InChI=1S/C7H12N3O3S/c1-6-8-7(5-11)4-10(6)14(12,13)9(2)3/h5H,4H2,1-3H3/q+1. The van der Waals surface area contributed by atoms with Crippen LogP contribution < -0.4 is 0 Å². The number of aldehydes is 1. The summed E-state index contributed by atoms with van der Waals surface area (Å²) in [5.41, 5.74) is 0.230. The zero-order valence-electron chi connectivity index (χ0n) is 8.26. The third-order valence-corrected chi connectivity index (χ3v) is 3.72. The highest BCUT2D eigenvalue weighted by Gasteiger charge is 2.34. The van der Waals surface area contributed by atoms with E-state index in [0.29, 0.717) is 12.1 Å². The molecule has 78 valence electrons. The predicted octanol–water partition coefficient (Wildman–Crippen LogP) is -1.12. The number of rotatable bonds is 3. The number of aliphatic imine (C=N–C) groups is 1. The number of hydrogen-bond acceptors (Lipinski definition) is 4. The summed E-state index contributed by atoms with van der Waals surface area (Å²) < 4.78 is 25.5. The van der Waals surface area contributed by atoms with E-state index >= 15 is 0 Å². The lowest BCUT2D eigenvalue weighted by Gasteiger charge is -2.09. The minimum atomic E-state index is -3.51. The van der Waals surface area contributed by atoms with Crippen LogP contribution in [0.4, 0.5) is 0 Å². The molecule has 1 aliphatic rings. The molecule has 0 N–H and O–H groups in total. The van der Waals surface area contributed by atoms with E-state index in [2.05, 4.69) is 4.99 Å². The van der Waals surface area contributed by atoms with Gasteiger partial charge in [-0.25, -0.2) is 0 Å². The van der Waals surface area contributed by atoms with E-state index in [1.165, 1.54) is 14.1 Å². The van der Waals surface area contributed by atoms with E-state index < -0.39 is 10.2 Å². The molecule has 0 aromatic rings. The first-order valence-corrected chi connectivity index (χ1v) is 5.35. The van der Waals surface area contributed by atoms with Gasteiger partial charge in [-0.15, -0.1) is 3.98 Å². The van der Waals surface area contributed by atoms with E-state index in [4.69, 9.17) is 0 Å². The first kappa shape index (κ1) is 11.0. The maximum absolute atomic E-state index is 11.6. The van der Waals surface area contributed by atoms with Crippen molar-refractivity contribution in [3.05, 3.63) is 0 Å². The van der Waals surface area contributed by atoms with Crippen molar-refractivity contribution in [2.45, 2.75) is 6.92 Å². The van der Waals surface area contributed by atoms with Gasteiger partial charge in [-0.05, 0) is 4.99 Å². The van der Waals surface area contributed by atoms with Gasteiger partial charge in [-0.3, -0.25) is 4.79 Å². The van der Waals surface area contributed by atoms with Crippen molar-refractivity contribution in [1.82, 2.24) is 4.31 Å². The molecule has 0 aromatic heterocycles. The summed E-state index contributed by atoms with van der Waals surface area (Å²) >= 11 is 0. The van der Waals surface area contributed by atoms with Crippen LogP contribution in [0.1, 0.15) is 6.92 Å². The molecule has 1 aliphatic heterocycles. The molecular weight excluding hydrogens is 206 g/mol. The second kappa shape index (κ2) is 3.58. The largest absolute Gasteiger partial charge is 0.375 e. The highest BCUT2D eigenvalue weighted by atomic mass is 32.2. The van der Waals surface area contributed by atoms with Crippen molar-refractivity contribution in [3.8, 4) is 0 Å². The molecule has 6 nitrogen and oxygen atoms in total. The molecule has 0 radical (unpaired) electrons. The summed E-state index contributed by atoms with van der Waals surface area (Å²) in [4.78, 5) is 14.2. The third-order valence-electron chi connectivity index (χ3n) is 1.85. The summed E-state index contributed by atoms with van der Waals surface area (Å²) in [5.74, 6) is 0.320. The number of hydrogen-bond donors (Lipinski definition) is 0. The van der Waals surface area contributed by atoms with Gasteiger partial charge in [0.15, 0.2) is 12.8 Å². The first-order chi connectivity index (χ1) is 6.39. The monoisotopic (exact) mass is 218 g/mol. The Balaban J connectivity index is 3.08. The number of carbonyl (C=O) groups is 1. The highest BCUT2D eigenvalue weighted by Crippen LogP contribution is 2.04. The molecule has 1 rings (SSSR count). The Morgan fingerprint density at radius 3 is 2.43 bits per heavy atom. The van der Waals surface area contributed by atoms with Crippen molar-refractivity contribution in [2.75, 3.05) is 20.6 Å². The van der Waals surface area contributed by atoms with Gasteiger partial charge >= 0.3 is 16.0 Å². The number of nitrogens with zero attached hydrogens (tertiary/aromatic N) is 3. The van der Waals surface area contributed by atoms with Gasteiger partial charge in [0.05, 0.1) is 0 Å². The van der Waals surface area contributed by atoms with Gasteiger partial charge in [0.2, 0.25) is 5.71 Å². The van der Waals surface area contributed by atoms with Gasteiger partial charge < -0.3 is 0 Å². The van der Waals surface area contributed by atoms with Crippen LogP contribution in [0.25, 0.3) is 0 Å². The molecule has 0 bridgehead atoms. The number of carbonyl (C=O) groups excluding carboxylic acids is 1. The molecule has 0 saturated heterocycles. The van der Waals surface area contributed by atoms with E-state index in [-0.39, 0.29) is 12.3 Å². The third kappa shape index (κ3) is 1.73. The predicted molar refractivity (Wildman–Crippen MR) is 51.9 cm³/mol. The molecule has 0 saturated carbocycles. The van der Waals surface area contributed by atoms with Gasteiger partial charge in [0.1, 0.15) is 0 Å². The Morgan fingerprint density at radius 1 is 1.50 bits per heavy atom. The first-order valence-electron chi connectivity index (χ1n) is 3.96. The van der Waals surface area contributed by atoms with E-state index in [1.807, 2.05) is 0 Å². The van der Waals surface area contributed by atoms with Crippen molar-refractivity contribution in [1.29, 1.82) is 0 Å². The average molecular weight is 218 g/mol. The van der Waals surface area contributed by atoms with Crippen molar-refractivity contribution in [2.24, 2.45) is 4.99 Å². The molecule has 0 fully saturated rings. The Labute approximate surface area is 82.7 Å². The van der Waals surface area contributed by atoms with Crippen molar-refractivity contribution < 1.29 is 17.2 Å². The maximum Gasteiger partial charge on any atom is 0.375 e. The van der Waals surface area contributed by atoms with Crippen LogP contribution in [-0.4, -0.2) is 55.2 Å². The molecule has 14 heavy (non-hydrogen) atoms. The summed E-state index contributed by atoms with van der Waals surface area (Å²) in [6, 6.07) is 0. The molecular formula is C7H12N3O3S+. The molecule has 0 atom stereocenters. The highest BCUT2D eigenvalue weighted by molar-refractivity contribution is 7.83. The quantitative estimate of drug-likeness (QED) is 0.445. The smallest absolute Gasteiger partial charge is 0.294 e. The fourth-order valence-corrected chi connectivity index (χ4v) is 2.13. The normalized spacial score (nSPS) is 17.6. The van der Waals surface area contributed by atoms with Gasteiger partial charge in [0.25, 0.3) is 0 Å². The van der Waals surface area contributed by atoms with E-state index in [0.717, 1.165) is 8.29 Å². The fourth-order valence-electron chi connectivity index (χ4n) is 1.07. The Morgan fingerprint density at radius 2 is 2.07 bits per heavy atom. The zero-order chi connectivity index (χ0) is 10.9. The lowest BCUT2D eigenvalue weighted by atomic mass is 10.4. The molecule has 0 spiro atoms. The molecule has 0 aromatic carbocycles. The van der Waals surface area contributed by atoms with Crippen LogP contribution >= 0.6 is 0 Å². The molecule has 7 heteroatoms. The van der Waals surface area contributed by atoms with E-state index in [1.54, 1.807) is 6.92 Å². The van der Waals surface area contributed by atoms with Crippen molar-refractivity contribution in [3.63, 3.8) is 0 Å². The van der Waals surface area contributed by atoms with Gasteiger partial charge in [0, 0.05) is 21.0 Å². The number of amidine groups is 1. The summed E-state index contributed by atoms with van der Waals surface area (Å²) in [6.45, 7) is 1.58. The Kier molecular flexibility index (Phi) is 2.81. The lowest BCUT2D eigenvalue weighted by molar-refractivity contribution is -0.348. The van der Waals surface area contributed by atoms with Crippen LogP contribution in [0.2, 0.25) is 0 Å². The fraction of sp³-hybridized carbons (Fsp3) is 0.571. The lowest BCUT2D eigenvalue weighted by Crippen LogP contribution is -2.36. The SMILES string of the molecule is CC1=[N+](S(=O)(=O)N(C)C)CC(C=O)=N1. The molecule has 0 amide bonds. The second-order valence-electron chi connectivity index (χ2n) is 3.07.